The van der Waals surface area contributed by atoms with Crippen LogP contribution in [-0.4, -0.2) is 35.3 Å². The molecule has 2 N–H and O–H groups in total. The maximum absolute atomic E-state index is 12.2. The van der Waals surface area contributed by atoms with E-state index in [1.807, 2.05) is 32.9 Å². The number of hydrogen-bond donors (Lipinski definition) is 2. The molecule has 24 heavy (non-hydrogen) atoms. The normalized spacial score (nSPS) is 18.7. The first-order valence-corrected chi connectivity index (χ1v) is 8.32. The minimum absolute atomic E-state index is 0.248. The zero-order valence-corrected chi connectivity index (χ0v) is 14.8. The summed E-state index contributed by atoms with van der Waals surface area (Å²) in [6.45, 7) is 5.50. The molecule has 0 aromatic heterocycles. The Morgan fingerprint density at radius 2 is 1.88 bits per heavy atom. The Balaban J connectivity index is 1.93. The predicted octanol–water partition coefficient (Wildman–Crippen LogP) is 2.48. The molecule has 0 bridgehead atoms. The van der Waals surface area contributed by atoms with Crippen molar-refractivity contribution in [1.29, 1.82) is 0 Å². The zero-order chi connectivity index (χ0) is 17.9. The van der Waals surface area contributed by atoms with E-state index >= 15 is 0 Å². The third-order valence-electron chi connectivity index (χ3n) is 3.86. The quantitative estimate of drug-likeness (QED) is 0.773. The number of amides is 4. The molecule has 0 spiro atoms. The van der Waals surface area contributed by atoms with Gasteiger partial charge in [0.25, 0.3) is 5.91 Å². The van der Waals surface area contributed by atoms with Crippen molar-refractivity contribution in [2.24, 2.45) is 5.92 Å². The van der Waals surface area contributed by atoms with Gasteiger partial charge in [-0.3, -0.25) is 14.5 Å². The fourth-order valence-corrected chi connectivity index (χ4v) is 2.75. The zero-order valence-electron chi connectivity index (χ0n) is 14.0. The summed E-state index contributed by atoms with van der Waals surface area (Å²) in [5.41, 5.74) is 0.891. The molecule has 1 saturated heterocycles. The molecule has 2 unspecified atom stereocenters. The lowest BCUT2D eigenvalue weighted by Gasteiger charge is -2.17. The SMILES string of the molecule is CC(C)CC1NC(=O)N(CC(=O)NC(C)c2ccc(Cl)cc2)C1=O. The third-order valence-corrected chi connectivity index (χ3v) is 4.12. The molecule has 1 aliphatic heterocycles. The van der Waals surface area contributed by atoms with Gasteiger partial charge in [0.1, 0.15) is 12.6 Å². The van der Waals surface area contributed by atoms with Gasteiger partial charge in [-0.05, 0) is 37.0 Å². The highest BCUT2D eigenvalue weighted by molar-refractivity contribution is 6.30. The summed E-state index contributed by atoms with van der Waals surface area (Å²) in [5.74, 6) is -0.452. The Kier molecular flexibility index (Phi) is 5.83. The van der Waals surface area contributed by atoms with Crippen molar-refractivity contribution in [1.82, 2.24) is 15.5 Å². The van der Waals surface area contributed by atoms with E-state index in [4.69, 9.17) is 11.6 Å². The molecule has 130 valence electrons. The molecular weight excluding hydrogens is 330 g/mol. The molecule has 1 aromatic carbocycles. The average molecular weight is 352 g/mol. The van der Waals surface area contributed by atoms with Crippen molar-refractivity contribution < 1.29 is 14.4 Å². The van der Waals surface area contributed by atoms with Crippen molar-refractivity contribution in [2.75, 3.05) is 6.54 Å². The number of imide groups is 1. The summed E-state index contributed by atoms with van der Waals surface area (Å²) >= 11 is 5.84. The number of hydrogen-bond acceptors (Lipinski definition) is 3. The number of carbonyl (C=O) groups excluding carboxylic acids is 3. The van der Waals surface area contributed by atoms with Gasteiger partial charge in [-0.1, -0.05) is 37.6 Å². The highest BCUT2D eigenvalue weighted by atomic mass is 35.5. The van der Waals surface area contributed by atoms with Crippen molar-refractivity contribution >= 4 is 29.4 Å². The summed E-state index contributed by atoms with van der Waals surface area (Å²) in [7, 11) is 0. The minimum atomic E-state index is -0.543. The van der Waals surface area contributed by atoms with Crippen LogP contribution in [0.2, 0.25) is 5.02 Å². The Bertz CT molecular complexity index is 630. The van der Waals surface area contributed by atoms with Crippen LogP contribution in [0.1, 0.15) is 38.8 Å². The molecule has 4 amide bonds. The number of carbonyl (C=O) groups is 3. The van der Waals surface area contributed by atoms with Gasteiger partial charge < -0.3 is 10.6 Å². The lowest BCUT2D eigenvalue weighted by atomic mass is 10.0. The smallest absolute Gasteiger partial charge is 0.325 e. The summed E-state index contributed by atoms with van der Waals surface area (Å²) < 4.78 is 0. The van der Waals surface area contributed by atoms with E-state index in [1.165, 1.54) is 0 Å². The van der Waals surface area contributed by atoms with E-state index in [-0.39, 0.29) is 30.3 Å². The molecule has 0 radical (unpaired) electrons. The molecule has 2 atom stereocenters. The fraction of sp³-hybridized carbons (Fsp3) is 0.471. The molecule has 0 saturated carbocycles. The van der Waals surface area contributed by atoms with Gasteiger partial charge in [0.05, 0.1) is 6.04 Å². The number of benzene rings is 1. The van der Waals surface area contributed by atoms with E-state index in [9.17, 15) is 14.4 Å². The van der Waals surface area contributed by atoms with Crippen molar-refractivity contribution in [3.05, 3.63) is 34.9 Å². The molecule has 1 heterocycles. The Labute approximate surface area is 146 Å². The highest BCUT2D eigenvalue weighted by Gasteiger charge is 2.39. The first kappa shape index (κ1) is 18.3. The van der Waals surface area contributed by atoms with Crippen LogP contribution in [0.3, 0.4) is 0 Å². The summed E-state index contributed by atoms with van der Waals surface area (Å²) in [5, 5.41) is 6.03. The van der Waals surface area contributed by atoms with Gasteiger partial charge in [0.2, 0.25) is 5.91 Å². The molecule has 1 aromatic rings. The number of halogens is 1. The standard InChI is InChI=1S/C17H22ClN3O3/c1-10(2)8-14-16(23)21(17(24)20-14)9-15(22)19-11(3)12-4-6-13(18)7-5-12/h4-7,10-11,14H,8-9H2,1-3H3,(H,19,22)(H,20,24). The molecule has 6 nitrogen and oxygen atoms in total. The summed E-state index contributed by atoms with van der Waals surface area (Å²) in [6.07, 6.45) is 0.559. The maximum atomic E-state index is 12.2. The first-order chi connectivity index (χ1) is 11.3. The summed E-state index contributed by atoms with van der Waals surface area (Å²) in [4.78, 5) is 37.3. The van der Waals surface area contributed by atoms with Gasteiger partial charge >= 0.3 is 6.03 Å². The van der Waals surface area contributed by atoms with E-state index in [1.54, 1.807) is 12.1 Å². The number of nitrogens with zero attached hydrogens (tertiary/aromatic N) is 1. The Morgan fingerprint density at radius 1 is 1.25 bits per heavy atom. The fourth-order valence-electron chi connectivity index (χ4n) is 2.62. The second-order valence-corrected chi connectivity index (χ2v) is 6.83. The van der Waals surface area contributed by atoms with Crippen LogP contribution in [-0.2, 0) is 9.59 Å². The molecule has 2 rings (SSSR count). The van der Waals surface area contributed by atoms with Crippen LogP contribution >= 0.6 is 11.6 Å². The Hall–Kier alpha value is -2.08. The summed E-state index contributed by atoms with van der Waals surface area (Å²) in [6, 6.07) is 5.82. The van der Waals surface area contributed by atoms with Crippen LogP contribution < -0.4 is 10.6 Å². The van der Waals surface area contributed by atoms with E-state index in [2.05, 4.69) is 10.6 Å². The molecule has 0 aliphatic carbocycles. The molecule has 1 fully saturated rings. The number of urea groups is 1. The first-order valence-electron chi connectivity index (χ1n) is 7.94. The monoisotopic (exact) mass is 351 g/mol. The third kappa shape index (κ3) is 4.47. The largest absolute Gasteiger partial charge is 0.348 e. The lowest BCUT2D eigenvalue weighted by Crippen LogP contribution is -2.41. The maximum Gasteiger partial charge on any atom is 0.325 e. The van der Waals surface area contributed by atoms with Gasteiger partial charge in [-0.15, -0.1) is 0 Å². The van der Waals surface area contributed by atoms with E-state index in [0.29, 0.717) is 11.4 Å². The van der Waals surface area contributed by atoms with Crippen molar-refractivity contribution in [2.45, 2.75) is 39.3 Å². The van der Waals surface area contributed by atoms with Gasteiger partial charge in [-0.2, -0.15) is 0 Å². The molecule has 1 aliphatic rings. The number of nitrogens with one attached hydrogen (secondary N) is 2. The van der Waals surface area contributed by atoms with Crippen molar-refractivity contribution in [3.63, 3.8) is 0 Å². The van der Waals surface area contributed by atoms with Crippen LogP contribution in [0, 0.1) is 5.92 Å². The lowest BCUT2D eigenvalue weighted by molar-refractivity contribution is -0.132. The molecule has 7 heteroatoms. The molecular formula is C17H22ClN3O3. The van der Waals surface area contributed by atoms with Crippen molar-refractivity contribution in [3.8, 4) is 0 Å². The van der Waals surface area contributed by atoms with E-state index in [0.717, 1.165) is 10.5 Å². The van der Waals surface area contributed by atoms with Gasteiger partial charge in [0, 0.05) is 5.02 Å². The Morgan fingerprint density at radius 3 is 2.46 bits per heavy atom. The topological polar surface area (TPSA) is 78.5 Å². The second-order valence-electron chi connectivity index (χ2n) is 6.40. The van der Waals surface area contributed by atoms with Crippen LogP contribution in [0.25, 0.3) is 0 Å². The van der Waals surface area contributed by atoms with E-state index < -0.39 is 12.1 Å². The van der Waals surface area contributed by atoms with Crippen LogP contribution in [0.5, 0.6) is 0 Å². The van der Waals surface area contributed by atoms with Gasteiger partial charge in [0.15, 0.2) is 0 Å². The highest BCUT2D eigenvalue weighted by Crippen LogP contribution is 2.17. The van der Waals surface area contributed by atoms with Gasteiger partial charge in [-0.25, -0.2) is 4.79 Å². The predicted molar refractivity (Wildman–Crippen MR) is 91.5 cm³/mol. The average Bonchev–Trinajstić information content (AvgIpc) is 2.74. The van der Waals surface area contributed by atoms with Crippen LogP contribution in [0.4, 0.5) is 4.79 Å². The number of rotatable bonds is 6. The van der Waals surface area contributed by atoms with Crippen LogP contribution in [0.15, 0.2) is 24.3 Å². The second kappa shape index (κ2) is 7.66. The minimum Gasteiger partial charge on any atom is -0.348 e.